The lowest BCUT2D eigenvalue weighted by molar-refractivity contribution is 0.415. The van der Waals surface area contributed by atoms with Crippen molar-refractivity contribution < 1.29 is 4.74 Å². The van der Waals surface area contributed by atoms with E-state index in [1.165, 1.54) is 3.57 Å². The smallest absolute Gasteiger partial charge is 0.138 e. The molecule has 0 aromatic heterocycles. The zero-order valence-electron chi connectivity index (χ0n) is 9.96. The van der Waals surface area contributed by atoms with Gasteiger partial charge in [0.25, 0.3) is 0 Å². The third-order valence-corrected chi connectivity index (χ3v) is 5.07. The maximum Gasteiger partial charge on any atom is 0.138 e. The normalized spacial score (nSPS) is 12.3. The largest absolute Gasteiger partial charge is 0.495 e. The highest BCUT2D eigenvalue weighted by Crippen LogP contribution is 2.40. The van der Waals surface area contributed by atoms with Crippen LogP contribution < -0.4 is 4.74 Å². The van der Waals surface area contributed by atoms with E-state index in [4.69, 9.17) is 27.9 Å². The molecule has 100 valence electrons. The molecule has 0 aliphatic rings. The van der Waals surface area contributed by atoms with Gasteiger partial charge in [-0.05, 0) is 51.9 Å². The fourth-order valence-corrected chi connectivity index (χ4v) is 3.39. The molecule has 2 aromatic rings. The van der Waals surface area contributed by atoms with Crippen LogP contribution in [-0.2, 0) is 0 Å². The Morgan fingerprint density at radius 2 is 1.74 bits per heavy atom. The molecule has 1 atom stereocenters. The second-order valence-corrected chi connectivity index (χ2v) is 6.90. The van der Waals surface area contributed by atoms with Crippen LogP contribution in [0.5, 0.6) is 5.75 Å². The van der Waals surface area contributed by atoms with E-state index in [9.17, 15) is 0 Å². The van der Waals surface area contributed by atoms with Gasteiger partial charge in [0.05, 0.1) is 17.0 Å². The Hall–Kier alpha value is 0.0300. The molecule has 0 saturated carbocycles. The van der Waals surface area contributed by atoms with Gasteiger partial charge < -0.3 is 4.74 Å². The van der Waals surface area contributed by atoms with Crippen LogP contribution in [0.2, 0.25) is 10.0 Å². The Balaban J connectivity index is 2.41. The van der Waals surface area contributed by atoms with Crippen molar-refractivity contribution in [2.45, 2.75) is 4.83 Å². The van der Waals surface area contributed by atoms with Gasteiger partial charge >= 0.3 is 0 Å². The maximum absolute atomic E-state index is 6.29. The third-order valence-electron chi connectivity index (χ3n) is 2.71. The summed E-state index contributed by atoms with van der Waals surface area (Å²) in [5.41, 5.74) is 2.05. The molecule has 0 aliphatic heterocycles. The van der Waals surface area contributed by atoms with E-state index in [1.807, 2.05) is 6.07 Å². The van der Waals surface area contributed by atoms with Crippen molar-refractivity contribution in [2.24, 2.45) is 0 Å². The molecule has 2 rings (SSSR count). The van der Waals surface area contributed by atoms with E-state index in [0.29, 0.717) is 15.8 Å². The summed E-state index contributed by atoms with van der Waals surface area (Å²) in [5.74, 6) is 0.581. The van der Waals surface area contributed by atoms with E-state index in [1.54, 1.807) is 13.2 Å². The highest BCUT2D eigenvalue weighted by atomic mass is 127. The highest BCUT2D eigenvalue weighted by molar-refractivity contribution is 14.1. The fraction of sp³-hybridized carbons (Fsp3) is 0.143. The second kappa shape index (κ2) is 6.66. The number of rotatable bonds is 3. The van der Waals surface area contributed by atoms with Crippen molar-refractivity contribution in [1.29, 1.82) is 0 Å². The average molecular weight is 472 g/mol. The van der Waals surface area contributed by atoms with E-state index in [2.05, 4.69) is 62.8 Å². The lowest BCUT2D eigenvalue weighted by Gasteiger charge is -2.15. The van der Waals surface area contributed by atoms with Gasteiger partial charge in [0.2, 0.25) is 0 Å². The van der Waals surface area contributed by atoms with E-state index in [0.717, 1.165) is 11.1 Å². The van der Waals surface area contributed by atoms with Crippen LogP contribution in [0.1, 0.15) is 16.0 Å². The molecular formula is C14H10BrCl2IO. The van der Waals surface area contributed by atoms with Crippen LogP contribution in [0, 0.1) is 3.57 Å². The SMILES string of the molecule is COc1cc(Cl)c(C(Br)c2ccc(I)cc2)cc1Cl. The van der Waals surface area contributed by atoms with Crippen molar-refractivity contribution >= 4 is 61.7 Å². The number of hydrogen-bond donors (Lipinski definition) is 0. The quantitative estimate of drug-likeness (QED) is 0.389. The summed E-state index contributed by atoms with van der Waals surface area (Å²) in [4.78, 5) is 0.000376. The molecule has 1 unspecified atom stereocenters. The lowest BCUT2D eigenvalue weighted by Crippen LogP contribution is -1.95. The van der Waals surface area contributed by atoms with Gasteiger partial charge in [-0.2, -0.15) is 0 Å². The Bertz CT molecular complexity index is 587. The number of ether oxygens (including phenoxy) is 1. The maximum atomic E-state index is 6.29. The summed E-state index contributed by atoms with van der Waals surface area (Å²) < 4.78 is 6.34. The van der Waals surface area contributed by atoms with Crippen LogP contribution in [0.25, 0.3) is 0 Å². The van der Waals surface area contributed by atoms with Crippen LogP contribution in [0.4, 0.5) is 0 Å². The zero-order chi connectivity index (χ0) is 14.0. The first-order valence-electron chi connectivity index (χ1n) is 5.45. The summed E-state index contributed by atoms with van der Waals surface area (Å²) in [7, 11) is 1.57. The number of benzene rings is 2. The van der Waals surface area contributed by atoms with Crippen molar-refractivity contribution in [2.75, 3.05) is 7.11 Å². The molecule has 0 heterocycles. The molecule has 0 saturated heterocycles. The van der Waals surface area contributed by atoms with E-state index in [-0.39, 0.29) is 4.83 Å². The van der Waals surface area contributed by atoms with E-state index < -0.39 is 0 Å². The zero-order valence-corrected chi connectivity index (χ0v) is 15.2. The molecule has 0 N–H and O–H groups in total. The third kappa shape index (κ3) is 3.57. The summed E-state index contributed by atoms with van der Waals surface area (Å²) in [6, 6.07) is 11.8. The molecule has 0 bridgehead atoms. The highest BCUT2D eigenvalue weighted by Gasteiger charge is 2.16. The van der Waals surface area contributed by atoms with Crippen molar-refractivity contribution in [3.05, 3.63) is 61.1 Å². The summed E-state index contributed by atoms with van der Waals surface area (Å²) >= 11 is 18.4. The predicted octanol–water partition coefficient (Wildman–Crippen LogP) is 6.09. The van der Waals surface area contributed by atoms with Crippen LogP contribution in [0.3, 0.4) is 0 Å². The minimum Gasteiger partial charge on any atom is -0.495 e. The molecule has 19 heavy (non-hydrogen) atoms. The number of halogens is 4. The lowest BCUT2D eigenvalue weighted by atomic mass is 10.0. The van der Waals surface area contributed by atoms with Gasteiger partial charge in [-0.25, -0.2) is 0 Å². The molecule has 0 fully saturated rings. The second-order valence-electron chi connectivity index (χ2n) is 3.92. The Morgan fingerprint density at radius 1 is 1.11 bits per heavy atom. The summed E-state index contributed by atoms with van der Waals surface area (Å²) in [6.07, 6.45) is 0. The van der Waals surface area contributed by atoms with Gasteiger partial charge in [-0.15, -0.1) is 0 Å². The first-order valence-corrected chi connectivity index (χ1v) is 8.20. The molecular weight excluding hydrogens is 462 g/mol. The summed E-state index contributed by atoms with van der Waals surface area (Å²) in [6.45, 7) is 0. The number of alkyl halides is 1. The Labute approximate surface area is 144 Å². The van der Waals surface area contributed by atoms with Gasteiger partial charge in [0.1, 0.15) is 5.75 Å². The van der Waals surface area contributed by atoms with Gasteiger partial charge in [0, 0.05) is 14.7 Å². The molecule has 0 aliphatic carbocycles. The van der Waals surface area contributed by atoms with Crippen molar-refractivity contribution in [3.63, 3.8) is 0 Å². The molecule has 1 nitrogen and oxygen atoms in total. The first kappa shape index (κ1) is 15.4. The summed E-state index contributed by atoms with van der Waals surface area (Å²) in [5, 5.41) is 1.18. The Morgan fingerprint density at radius 3 is 2.32 bits per heavy atom. The van der Waals surface area contributed by atoms with Crippen molar-refractivity contribution in [3.8, 4) is 5.75 Å². The minimum absolute atomic E-state index is 0.000376. The van der Waals surface area contributed by atoms with Crippen LogP contribution >= 0.6 is 61.7 Å². The Kier molecular flexibility index (Phi) is 5.40. The average Bonchev–Trinajstić information content (AvgIpc) is 2.41. The van der Waals surface area contributed by atoms with Gasteiger partial charge in [-0.1, -0.05) is 51.3 Å². The first-order chi connectivity index (χ1) is 9.02. The van der Waals surface area contributed by atoms with Crippen molar-refractivity contribution in [1.82, 2.24) is 0 Å². The fourth-order valence-electron chi connectivity index (χ4n) is 1.71. The topological polar surface area (TPSA) is 9.23 Å². The molecule has 0 amide bonds. The van der Waals surface area contributed by atoms with Crippen LogP contribution in [0.15, 0.2) is 36.4 Å². The molecule has 0 spiro atoms. The molecule has 0 radical (unpaired) electrons. The van der Waals surface area contributed by atoms with Gasteiger partial charge in [0.15, 0.2) is 0 Å². The number of hydrogen-bond acceptors (Lipinski definition) is 1. The number of methoxy groups -OCH3 is 1. The molecule has 5 heteroatoms. The molecule has 2 aromatic carbocycles. The monoisotopic (exact) mass is 470 g/mol. The van der Waals surface area contributed by atoms with Crippen LogP contribution in [-0.4, -0.2) is 7.11 Å². The minimum atomic E-state index is 0.000376. The van der Waals surface area contributed by atoms with E-state index >= 15 is 0 Å². The van der Waals surface area contributed by atoms with Gasteiger partial charge in [-0.3, -0.25) is 0 Å². The standard InChI is InChI=1S/C14H10BrCl2IO/c1-19-13-7-11(16)10(6-12(13)17)14(15)8-2-4-9(18)5-3-8/h2-7,14H,1H3. The predicted molar refractivity (Wildman–Crippen MR) is 92.9 cm³/mol.